The Bertz CT molecular complexity index is 800. The van der Waals surface area contributed by atoms with Gasteiger partial charge in [0.05, 0.1) is 52.4 Å². The molecule has 4 nitrogen and oxygen atoms in total. The number of hydrogen-bond acceptors (Lipinski definition) is 2. The maximum atomic E-state index is 9.76. The third kappa shape index (κ3) is 64.4. The van der Waals surface area contributed by atoms with Gasteiger partial charge in [-0.1, -0.05) is 281 Å². The van der Waals surface area contributed by atoms with Gasteiger partial charge in [-0.25, -0.2) is 0 Å². The molecule has 0 bridgehead atoms. The SMILES string of the molecule is CCCCCC(=O)[O-].CCCCCCCC[N+](CCCCCCCC)(CCCCCCCC)CCCCCCCC.CCCCCCCC[N+](CCCCCCCC)(CCCCCCCC)CCCCCCCC.[Cl-]. The summed E-state index contributed by atoms with van der Waals surface area (Å²) < 4.78 is 2.95. The third-order valence-corrected chi connectivity index (χ3v) is 16.9. The molecule has 0 atom stereocenters. The van der Waals surface area contributed by atoms with E-state index in [1.807, 2.05) is 6.92 Å². The van der Waals surface area contributed by atoms with Gasteiger partial charge in [-0.3, -0.25) is 0 Å². The molecule has 0 unspecified atom stereocenters. The number of hydrogen-bond donors (Lipinski definition) is 0. The normalized spacial score (nSPS) is 11.5. The number of carbonyl (C=O) groups is 1. The Hall–Kier alpha value is -0.320. The fraction of sp³-hybridized carbons (Fsp3) is 0.986. The van der Waals surface area contributed by atoms with Gasteiger partial charge in [0.2, 0.25) is 0 Å². The van der Waals surface area contributed by atoms with E-state index in [-0.39, 0.29) is 18.8 Å². The second-order valence-corrected chi connectivity index (χ2v) is 24.4. The van der Waals surface area contributed by atoms with Crippen LogP contribution in [0.15, 0.2) is 0 Å². The number of carboxylic acids is 1. The summed E-state index contributed by atoms with van der Waals surface area (Å²) in [5, 5.41) is 9.76. The minimum atomic E-state index is -0.932. The van der Waals surface area contributed by atoms with Crippen molar-refractivity contribution in [2.75, 3.05) is 52.4 Å². The summed E-state index contributed by atoms with van der Waals surface area (Å²) in [6, 6.07) is 0. The molecule has 75 heavy (non-hydrogen) atoms. The largest absolute Gasteiger partial charge is 1.00 e. The molecule has 0 saturated heterocycles. The number of aliphatic carboxylic acids is 1. The number of unbranched alkanes of at least 4 members (excludes halogenated alkanes) is 42. The highest BCUT2D eigenvalue weighted by Crippen LogP contribution is 2.23. The highest BCUT2D eigenvalue weighted by atomic mass is 35.5. The van der Waals surface area contributed by atoms with Gasteiger partial charge in [-0.05, 0) is 116 Å². The van der Waals surface area contributed by atoms with E-state index in [2.05, 4.69) is 55.4 Å². The Balaban J connectivity index is -0.000000578. The molecular formula is C70H147ClN2O2. The van der Waals surface area contributed by atoms with Crippen LogP contribution in [0.4, 0.5) is 0 Å². The molecule has 0 N–H and O–H groups in total. The number of quaternary nitrogens is 2. The first-order chi connectivity index (χ1) is 36.3. The molecule has 0 saturated carbocycles. The number of carboxylic acid groups (broad SMARTS) is 1. The molecule has 0 fully saturated rings. The molecule has 0 aromatic carbocycles. The van der Waals surface area contributed by atoms with Crippen LogP contribution >= 0.6 is 0 Å². The summed E-state index contributed by atoms with van der Waals surface area (Å²) in [4.78, 5) is 9.76. The summed E-state index contributed by atoms with van der Waals surface area (Å²) in [6.45, 7) is 32.5. The quantitative estimate of drug-likeness (QED) is 0.0450. The van der Waals surface area contributed by atoms with Crippen molar-refractivity contribution in [3.05, 3.63) is 0 Å². The van der Waals surface area contributed by atoms with E-state index >= 15 is 0 Å². The van der Waals surface area contributed by atoms with Gasteiger partial charge in [0.15, 0.2) is 0 Å². The van der Waals surface area contributed by atoms with Crippen LogP contribution in [-0.4, -0.2) is 67.3 Å². The summed E-state index contributed by atoms with van der Waals surface area (Å²) in [5.41, 5.74) is 0. The Morgan fingerprint density at radius 3 is 0.467 bits per heavy atom. The maximum absolute atomic E-state index is 9.76. The van der Waals surface area contributed by atoms with E-state index in [0.29, 0.717) is 0 Å². The van der Waals surface area contributed by atoms with Crippen molar-refractivity contribution < 1.29 is 31.3 Å². The second-order valence-electron chi connectivity index (χ2n) is 24.4. The lowest BCUT2D eigenvalue weighted by molar-refractivity contribution is -0.929. The fourth-order valence-corrected chi connectivity index (χ4v) is 11.7. The molecular weight excluding hydrogens is 936 g/mol. The van der Waals surface area contributed by atoms with Crippen molar-refractivity contribution in [2.24, 2.45) is 0 Å². The Kier molecular flexibility index (Phi) is 75.5. The molecule has 0 aliphatic rings. The molecule has 0 aliphatic heterocycles. The van der Waals surface area contributed by atoms with Crippen molar-refractivity contribution >= 4 is 5.97 Å². The molecule has 5 heteroatoms. The number of carbonyl (C=O) groups excluding carboxylic acids is 1. The Labute approximate surface area is 483 Å². The standard InChI is InChI=1S/2C32H68N.C6H12O2.ClH/c2*1-5-9-13-17-21-25-29-33(30-26-22-18-14-10-6-2,31-27-23-19-15-11-7-3)32-28-24-20-16-12-8-4;1-2-3-4-5-6(7)8;/h2*5-32H2,1-4H3;2-5H2,1H3,(H,7,8);1H/q2*+1;;/p-2. The fourth-order valence-electron chi connectivity index (χ4n) is 11.7. The molecule has 0 aromatic rings. The maximum Gasteiger partial charge on any atom is 0.0786 e. The number of halogens is 1. The predicted molar refractivity (Wildman–Crippen MR) is 336 cm³/mol. The Morgan fingerprint density at radius 2 is 0.333 bits per heavy atom. The minimum absolute atomic E-state index is 0. The van der Waals surface area contributed by atoms with Crippen molar-refractivity contribution in [1.29, 1.82) is 0 Å². The summed E-state index contributed by atoms with van der Waals surface area (Å²) in [6.07, 6.45) is 72.6. The van der Waals surface area contributed by atoms with Crippen LogP contribution < -0.4 is 17.5 Å². The van der Waals surface area contributed by atoms with Crippen molar-refractivity contribution in [2.45, 2.75) is 396 Å². The van der Waals surface area contributed by atoms with Gasteiger partial charge in [0.1, 0.15) is 0 Å². The average molecular weight is 1080 g/mol. The lowest BCUT2D eigenvalue weighted by Gasteiger charge is -2.40. The summed E-state index contributed by atoms with van der Waals surface area (Å²) in [5.74, 6) is -0.932. The van der Waals surface area contributed by atoms with Crippen LogP contribution in [0.2, 0.25) is 0 Å². The van der Waals surface area contributed by atoms with E-state index in [0.717, 1.165) is 19.3 Å². The Morgan fingerprint density at radius 1 is 0.213 bits per heavy atom. The number of rotatable bonds is 60. The highest BCUT2D eigenvalue weighted by molar-refractivity contribution is 5.64. The zero-order valence-corrected chi connectivity index (χ0v) is 54.8. The smallest absolute Gasteiger partial charge is 0.0786 e. The second kappa shape index (κ2) is 69.8. The predicted octanol–water partition coefficient (Wildman–Crippen LogP) is 19.8. The molecule has 0 amide bonds. The average Bonchev–Trinajstić information content (AvgIpc) is 3.40. The first-order valence-corrected chi connectivity index (χ1v) is 35.2. The van der Waals surface area contributed by atoms with Gasteiger partial charge in [-0.15, -0.1) is 0 Å². The van der Waals surface area contributed by atoms with E-state index in [4.69, 9.17) is 0 Å². The van der Waals surface area contributed by atoms with Crippen LogP contribution in [0, 0.1) is 0 Å². The van der Waals surface area contributed by atoms with E-state index in [9.17, 15) is 9.90 Å². The summed E-state index contributed by atoms with van der Waals surface area (Å²) >= 11 is 0. The van der Waals surface area contributed by atoms with E-state index in [1.165, 1.54) is 370 Å². The lowest BCUT2D eigenvalue weighted by Crippen LogP contribution is -3.00. The van der Waals surface area contributed by atoms with Crippen molar-refractivity contribution in [1.82, 2.24) is 0 Å². The van der Waals surface area contributed by atoms with Crippen molar-refractivity contribution in [3.8, 4) is 0 Å². The van der Waals surface area contributed by atoms with Crippen LogP contribution in [0.1, 0.15) is 396 Å². The van der Waals surface area contributed by atoms with E-state index < -0.39 is 5.97 Å². The molecule has 0 aliphatic carbocycles. The lowest BCUT2D eigenvalue weighted by atomic mass is 10.0. The number of nitrogens with zero attached hydrogens (tertiary/aromatic N) is 2. The molecule has 0 radical (unpaired) electrons. The molecule has 0 rings (SSSR count). The molecule has 0 aromatic heterocycles. The molecule has 0 heterocycles. The first kappa shape index (κ1) is 81.2. The zero-order chi connectivity index (χ0) is 55.0. The minimum Gasteiger partial charge on any atom is -1.00 e. The topological polar surface area (TPSA) is 40.1 Å². The zero-order valence-electron chi connectivity index (χ0n) is 54.0. The monoisotopic (exact) mass is 1080 g/mol. The van der Waals surface area contributed by atoms with Gasteiger partial charge in [0.25, 0.3) is 0 Å². The third-order valence-electron chi connectivity index (χ3n) is 16.9. The van der Waals surface area contributed by atoms with E-state index in [1.54, 1.807) is 0 Å². The first-order valence-electron chi connectivity index (χ1n) is 35.2. The van der Waals surface area contributed by atoms with Gasteiger partial charge in [-0.2, -0.15) is 0 Å². The van der Waals surface area contributed by atoms with Crippen LogP contribution in [-0.2, 0) is 4.79 Å². The van der Waals surface area contributed by atoms with Crippen LogP contribution in [0.3, 0.4) is 0 Å². The van der Waals surface area contributed by atoms with Gasteiger partial charge >= 0.3 is 0 Å². The van der Waals surface area contributed by atoms with Crippen LogP contribution in [0.25, 0.3) is 0 Å². The summed E-state index contributed by atoms with van der Waals surface area (Å²) in [7, 11) is 0. The van der Waals surface area contributed by atoms with Gasteiger partial charge < -0.3 is 31.3 Å². The van der Waals surface area contributed by atoms with Crippen LogP contribution in [0.5, 0.6) is 0 Å². The molecule has 0 spiro atoms. The van der Waals surface area contributed by atoms with Crippen molar-refractivity contribution in [3.63, 3.8) is 0 Å². The highest BCUT2D eigenvalue weighted by Gasteiger charge is 2.27. The molecule has 456 valence electrons. The van der Waals surface area contributed by atoms with Gasteiger partial charge in [0, 0.05) is 5.97 Å².